The summed E-state index contributed by atoms with van der Waals surface area (Å²) in [7, 11) is 0. The van der Waals surface area contributed by atoms with Crippen molar-refractivity contribution < 1.29 is 0 Å². The normalized spacial score (nSPS) is 28.3. The van der Waals surface area contributed by atoms with E-state index in [0.29, 0.717) is 5.92 Å². The molecule has 1 atom stereocenters. The minimum Gasteiger partial charge on any atom is -0.401 e. The molecule has 1 aliphatic carbocycles. The molecule has 0 saturated carbocycles. The van der Waals surface area contributed by atoms with E-state index in [1.807, 2.05) is 0 Å². The van der Waals surface area contributed by atoms with Gasteiger partial charge in [0.25, 0.3) is 0 Å². The van der Waals surface area contributed by atoms with Gasteiger partial charge in [-0.1, -0.05) is 26.3 Å². The van der Waals surface area contributed by atoms with E-state index in [4.69, 9.17) is 5.73 Å². The number of nitrogens with two attached hydrogens (primary N) is 1. The fourth-order valence-electron chi connectivity index (χ4n) is 2.08. The summed E-state index contributed by atoms with van der Waals surface area (Å²) in [6.45, 7) is 13.2. The standard InChI is InChI=1S/C12H21N/c1-7-8(2)10(4)12(5,6)11(13)9(7)3/h10H,13H2,1-6H3. The molecule has 0 aromatic heterocycles. The summed E-state index contributed by atoms with van der Waals surface area (Å²) in [5, 5.41) is 0. The van der Waals surface area contributed by atoms with Crippen molar-refractivity contribution in [1.82, 2.24) is 0 Å². The molecular weight excluding hydrogens is 158 g/mol. The molecule has 13 heavy (non-hydrogen) atoms. The zero-order valence-electron chi connectivity index (χ0n) is 9.65. The van der Waals surface area contributed by atoms with Crippen LogP contribution in [0.25, 0.3) is 0 Å². The third kappa shape index (κ3) is 1.31. The predicted octanol–water partition coefficient (Wildman–Crippen LogP) is 3.23. The highest BCUT2D eigenvalue weighted by Crippen LogP contribution is 2.44. The molecule has 1 aliphatic rings. The van der Waals surface area contributed by atoms with Gasteiger partial charge in [0.05, 0.1) is 0 Å². The first kappa shape index (κ1) is 10.4. The van der Waals surface area contributed by atoms with E-state index in [1.165, 1.54) is 16.7 Å². The smallest absolute Gasteiger partial charge is 0.0176 e. The zero-order valence-corrected chi connectivity index (χ0v) is 9.65. The van der Waals surface area contributed by atoms with Crippen LogP contribution in [0.2, 0.25) is 0 Å². The van der Waals surface area contributed by atoms with Crippen molar-refractivity contribution in [2.24, 2.45) is 17.1 Å². The second-order valence-corrected chi connectivity index (χ2v) is 4.79. The highest BCUT2D eigenvalue weighted by molar-refractivity contribution is 5.42. The molecule has 0 aliphatic heterocycles. The van der Waals surface area contributed by atoms with Crippen LogP contribution in [0.3, 0.4) is 0 Å². The summed E-state index contributed by atoms with van der Waals surface area (Å²) in [4.78, 5) is 0. The van der Waals surface area contributed by atoms with Gasteiger partial charge in [0.15, 0.2) is 0 Å². The summed E-state index contributed by atoms with van der Waals surface area (Å²) in [5.41, 5.74) is 11.5. The molecule has 1 unspecified atom stereocenters. The van der Waals surface area contributed by atoms with Crippen molar-refractivity contribution in [3.63, 3.8) is 0 Å². The molecule has 0 bridgehead atoms. The third-order valence-electron chi connectivity index (χ3n) is 3.98. The Balaban J connectivity index is 3.32. The van der Waals surface area contributed by atoms with E-state index in [1.54, 1.807) is 0 Å². The Hall–Kier alpha value is -0.720. The molecule has 1 nitrogen and oxygen atoms in total. The fourth-order valence-corrected chi connectivity index (χ4v) is 2.08. The first-order valence-electron chi connectivity index (χ1n) is 4.94. The summed E-state index contributed by atoms with van der Waals surface area (Å²) in [6, 6.07) is 0. The number of rotatable bonds is 0. The van der Waals surface area contributed by atoms with E-state index < -0.39 is 0 Å². The van der Waals surface area contributed by atoms with Gasteiger partial charge in [0, 0.05) is 11.1 Å². The number of hydrogen-bond acceptors (Lipinski definition) is 1. The Kier molecular flexibility index (Phi) is 2.31. The summed E-state index contributed by atoms with van der Waals surface area (Å²) in [5.74, 6) is 0.552. The minimum atomic E-state index is 0.119. The molecule has 0 heterocycles. The summed E-state index contributed by atoms with van der Waals surface area (Å²) in [6.07, 6.45) is 0. The quantitative estimate of drug-likeness (QED) is 0.607. The molecule has 0 saturated heterocycles. The Morgan fingerprint density at radius 1 is 1.08 bits per heavy atom. The number of allylic oxidation sites excluding steroid dienone is 4. The predicted molar refractivity (Wildman–Crippen MR) is 58.2 cm³/mol. The lowest BCUT2D eigenvalue weighted by Crippen LogP contribution is -2.34. The second kappa shape index (κ2) is 2.90. The van der Waals surface area contributed by atoms with Crippen molar-refractivity contribution in [2.75, 3.05) is 0 Å². The monoisotopic (exact) mass is 179 g/mol. The van der Waals surface area contributed by atoms with Crippen LogP contribution in [-0.4, -0.2) is 0 Å². The van der Waals surface area contributed by atoms with Crippen molar-refractivity contribution in [3.8, 4) is 0 Å². The van der Waals surface area contributed by atoms with Crippen LogP contribution in [0.15, 0.2) is 22.4 Å². The molecule has 1 heteroatoms. The average molecular weight is 179 g/mol. The van der Waals surface area contributed by atoms with Gasteiger partial charge >= 0.3 is 0 Å². The topological polar surface area (TPSA) is 26.0 Å². The summed E-state index contributed by atoms with van der Waals surface area (Å²) < 4.78 is 0. The Morgan fingerprint density at radius 2 is 1.54 bits per heavy atom. The van der Waals surface area contributed by atoms with Crippen LogP contribution in [0, 0.1) is 11.3 Å². The van der Waals surface area contributed by atoms with Gasteiger partial charge in [-0.25, -0.2) is 0 Å². The molecule has 0 amide bonds. The van der Waals surface area contributed by atoms with E-state index >= 15 is 0 Å². The van der Waals surface area contributed by atoms with Gasteiger partial charge in [0.2, 0.25) is 0 Å². The first-order chi connectivity index (χ1) is 5.80. The van der Waals surface area contributed by atoms with Gasteiger partial charge in [-0.05, 0) is 37.8 Å². The van der Waals surface area contributed by atoms with Gasteiger partial charge in [-0.3, -0.25) is 0 Å². The maximum absolute atomic E-state index is 6.14. The van der Waals surface area contributed by atoms with Crippen molar-refractivity contribution >= 4 is 0 Å². The van der Waals surface area contributed by atoms with Crippen LogP contribution >= 0.6 is 0 Å². The maximum atomic E-state index is 6.14. The van der Waals surface area contributed by atoms with E-state index in [2.05, 4.69) is 41.5 Å². The zero-order chi connectivity index (χ0) is 10.4. The van der Waals surface area contributed by atoms with Gasteiger partial charge in [-0.15, -0.1) is 0 Å². The highest BCUT2D eigenvalue weighted by atomic mass is 14.7. The average Bonchev–Trinajstić information content (AvgIpc) is 2.09. The Bertz CT molecular complexity index is 292. The van der Waals surface area contributed by atoms with Crippen LogP contribution in [0.1, 0.15) is 41.5 Å². The summed E-state index contributed by atoms with van der Waals surface area (Å²) >= 11 is 0. The molecule has 0 aromatic carbocycles. The molecular formula is C12H21N. The van der Waals surface area contributed by atoms with Gasteiger partial charge < -0.3 is 5.73 Å². The van der Waals surface area contributed by atoms with Gasteiger partial charge in [0.1, 0.15) is 0 Å². The number of hydrogen-bond donors (Lipinski definition) is 1. The lowest BCUT2D eigenvalue weighted by atomic mass is 9.67. The first-order valence-corrected chi connectivity index (χ1v) is 4.94. The Labute approximate surface area is 81.7 Å². The van der Waals surface area contributed by atoms with Crippen LogP contribution in [0.5, 0.6) is 0 Å². The molecule has 2 N–H and O–H groups in total. The van der Waals surface area contributed by atoms with Crippen LogP contribution in [0.4, 0.5) is 0 Å². The molecule has 74 valence electrons. The van der Waals surface area contributed by atoms with Crippen molar-refractivity contribution in [3.05, 3.63) is 22.4 Å². The molecule has 1 rings (SSSR count). The SMILES string of the molecule is CC1=C(C)C(C)C(C)(C)C(N)=C1C. The minimum absolute atomic E-state index is 0.119. The fraction of sp³-hybridized carbons (Fsp3) is 0.667. The lowest BCUT2D eigenvalue weighted by molar-refractivity contribution is 0.312. The van der Waals surface area contributed by atoms with Crippen LogP contribution < -0.4 is 5.73 Å². The Morgan fingerprint density at radius 3 is 2.00 bits per heavy atom. The van der Waals surface area contributed by atoms with E-state index in [-0.39, 0.29) is 5.41 Å². The third-order valence-corrected chi connectivity index (χ3v) is 3.98. The van der Waals surface area contributed by atoms with Gasteiger partial charge in [-0.2, -0.15) is 0 Å². The largest absolute Gasteiger partial charge is 0.401 e. The van der Waals surface area contributed by atoms with Crippen molar-refractivity contribution in [1.29, 1.82) is 0 Å². The van der Waals surface area contributed by atoms with Crippen LogP contribution in [-0.2, 0) is 0 Å². The van der Waals surface area contributed by atoms with E-state index in [0.717, 1.165) is 5.70 Å². The second-order valence-electron chi connectivity index (χ2n) is 4.79. The lowest BCUT2D eigenvalue weighted by Gasteiger charge is -2.39. The van der Waals surface area contributed by atoms with Crippen molar-refractivity contribution in [2.45, 2.75) is 41.5 Å². The molecule has 0 radical (unpaired) electrons. The molecule has 0 fully saturated rings. The van der Waals surface area contributed by atoms with E-state index in [9.17, 15) is 0 Å². The molecule has 0 spiro atoms. The molecule has 0 aromatic rings. The maximum Gasteiger partial charge on any atom is 0.0176 e. The highest BCUT2D eigenvalue weighted by Gasteiger charge is 2.35.